The van der Waals surface area contributed by atoms with Crippen LogP contribution in [-0.2, 0) is 0 Å². The van der Waals surface area contributed by atoms with Crippen LogP contribution in [-0.4, -0.2) is 40.3 Å². The predicted molar refractivity (Wildman–Crippen MR) is 66.0 cm³/mol. The van der Waals surface area contributed by atoms with Gasteiger partial charge >= 0.3 is 0 Å². The van der Waals surface area contributed by atoms with Crippen molar-refractivity contribution in [3.8, 4) is 0 Å². The summed E-state index contributed by atoms with van der Waals surface area (Å²) in [5.41, 5.74) is 0.726. The molecule has 4 nitrogen and oxygen atoms in total. The molecule has 1 saturated heterocycles. The summed E-state index contributed by atoms with van der Waals surface area (Å²) < 4.78 is 0. The molecule has 0 aliphatic carbocycles. The molecule has 0 atom stereocenters. The summed E-state index contributed by atoms with van der Waals surface area (Å²) in [5.74, 6) is 0.992. The second kappa shape index (κ2) is 5.50. The Morgan fingerprint density at radius 3 is 2.94 bits per heavy atom. The van der Waals surface area contributed by atoms with Crippen molar-refractivity contribution in [1.29, 1.82) is 0 Å². The minimum absolute atomic E-state index is 0.0591. The van der Waals surface area contributed by atoms with Crippen molar-refractivity contribution in [2.75, 3.05) is 25.4 Å². The third-order valence-corrected chi connectivity index (χ3v) is 3.55. The number of nitrogens with zero attached hydrogens (tertiary/aromatic N) is 2. The lowest BCUT2D eigenvalue weighted by molar-refractivity contribution is 0.362. The summed E-state index contributed by atoms with van der Waals surface area (Å²) in [6, 6.07) is 1.52. The van der Waals surface area contributed by atoms with E-state index in [2.05, 4.69) is 14.9 Å². The SMILES string of the molecule is Cc1cc(=O)[nH]c(SCCN2CCCC2)n1. The molecule has 0 aromatic carbocycles. The molecule has 5 heteroatoms. The number of thioether (sulfide) groups is 1. The van der Waals surface area contributed by atoms with Gasteiger partial charge in [-0.2, -0.15) is 0 Å². The summed E-state index contributed by atoms with van der Waals surface area (Å²) in [6.07, 6.45) is 2.65. The molecular formula is C11H17N3OS. The molecule has 0 spiro atoms. The molecule has 0 saturated carbocycles. The number of aryl methyl sites for hydroxylation is 1. The molecule has 1 aromatic rings. The third kappa shape index (κ3) is 3.35. The highest BCUT2D eigenvalue weighted by Crippen LogP contribution is 2.13. The van der Waals surface area contributed by atoms with Gasteiger partial charge in [0, 0.05) is 24.1 Å². The lowest BCUT2D eigenvalue weighted by Crippen LogP contribution is -2.22. The molecule has 0 amide bonds. The van der Waals surface area contributed by atoms with Gasteiger partial charge in [-0.1, -0.05) is 11.8 Å². The number of nitrogens with one attached hydrogen (secondary N) is 1. The first-order valence-electron chi connectivity index (χ1n) is 5.67. The lowest BCUT2D eigenvalue weighted by atomic mass is 10.4. The summed E-state index contributed by atoms with van der Waals surface area (Å²) in [5, 5.41) is 0.740. The molecule has 2 heterocycles. The predicted octanol–water partition coefficient (Wildman–Crippen LogP) is 1.27. The second-order valence-electron chi connectivity index (χ2n) is 4.09. The van der Waals surface area contributed by atoms with E-state index in [0.717, 1.165) is 23.1 Å². The van der Waals surface area contributed by atoms with Crippen molar-refractivity contribution in [2.45, 2.75) is 24.9 Å². The molecule has 1 aromatic heterocycles. The van der Waals surface area contributed by atoms with Crippen molar-refractivity contribution in [1.82, 2.24) is 14.9 Å². The van der Waals surface area contributed by atoms with E-state index >= 15 is 0 Å². The van der Waals surface area contributed by atoms with Gasteiger partial charge in [0.15, 0.2) is 5.16 Å². The van der Waals surface area contributed by atoms with Crippen LogP contribution in [0.25, 0.3) is 0 Å². The van der Waals surface area contributed by atoms with Gasteiger partial charge in [0.2, 0.25) is 0 Å². The van der Waals surface area contributed by atoms with Crippen LogP contribution >= 0.6 is 11.8 Å². The van der Waals surface area contributed by atoms with Crippen molar-refractivity contribution >= 4 is 11.8 Å². The molecule has 0 bridgehead atoms. The third-order valence-electron chi connectivity index (χ3n) is 2.69. The second-order valence-corrected chi connectivity index (χ2v) is 5.17. The summed E-state index contributed by atoms with van der Waals surface area (Å²) >= 11 is 1.63. The van der Waals surface area contributed by atoms with Gasteiger partial charge in [0.25, 0.3) is 5.56 Å². The Kier molecular flexibility index (Phi) is 4.01. The fraction of sp³-hybridized carbons (Fsp3) is 0.636. The van der Waals surface area contributed by atoms with Crippen molar-refractivity contribution in [3.05, 3.63) is 22.1 Å². The maximum Gasteiger partial charge on any atom is 0.251 e. The molecule has 0 radical (unpaired) electrons. The van der Waals surface area contributed by atoms with Crippen molar-refractivity contribution < 1.29 is 0 Å². The zero-order valence-corrected chi connectivity index (χ0v) is 10.3. The monoisotopic (exact) mass is 239 g/mol. The number of hydrogen-bond acceptors (Lipinski definition) is 4. The van der Waals surface area contributed by atoms with E-state index in [1.54, 1.807) is 11.8 Å². The fourth-order valence-corrected chi connectivity index (χ4v) is 2.82. The number of hydrogen-bond donors (Lipinski definition) is 1. The lowest BCUT2D eigenvalue weighted by Gasteiger charge is -2.13. The maximum atomic E-state index is 11.2. The van der Waals surface area contributed by atoms with Crippen LogP contribution in [0.3, 0.4) is 0 Å². The Hall–Kier alpha value is -0.810. The normalized spacial score (nSPS) is 16.8. The number of aromatic nitrogens is 2. The Bertz CT molecular complexity index is 398. The molecule has 88 valence electrons. The molecule has 1 N–H and O–H groups in total. The standard InChI is InChI=1S/C11H17N3OS/c1-9-8-10(15)13-11(12-9)16-7-6-14-4-2-3-5-14/h8H,2-7H2,1H3,(H,12,13,15). The summed E-state index contributed by atoms with van der Waals surface area (Å²) in [7, 11) is 0. The van der Waals surface area contributed by atoms with Crippen LogP contribution < -0.4 is 5.56 Å². The molecule has 1 aliphatic heterocycles. The first kappa shape index (κ1) is 11.7. The molecular weight excluding hydrogens is 222 g/mol. The van der Waals surface area contributed by atoms with Gasteiger partial charge in [-0.15, -0.1) is 0 Å². The average molecular weight is 239 g/mol. The van der Waals surface area contributed by atoms with E-state index in [-0.39, 0.29) is 5.56 Å². The highest BCUT2D eigenvalue weighted by atomic mass is 32.2. The molecule has 1 fully saturated rings. The molecule has 1 aliphatic rings. The Morgan fingerprint density at radius 2 is 2.25 bits per heavy atom. The van der Waals surface area contributed by atoms with Gasteiger partial charge < -0.3 is 9.88 Å². The summed E-state index contributed by atoms with van der Waals surface area (Å²) in [4.78, 5) is 20.7. The highest BCUT2D eigenvalue weighted by molar-refractivity contribution is 7.99. The fourth-order valence-electron chi connectivity index (χ4n) is 1.90. The average Bonchev–Trinajstić information content (AvgIpc) is 2.69. The van der Waals surface area contributed by atoms with E-state index in [4.69, 9.17) is 0 Å². The van der Waals surface area contributed by atoms with Gasteiger partial charge in [-0.05, 0) is 32.9 Å². The van der Waals surface area contributed by atoms with Crippen LogP contribution in [0.1, 0.15) is 18.5 Å². The van der Waals surface area contributed by atoms with Gasteiger partial charge in [0.05, 0.1) is 0 Å². The van der Waals surface area contributed by atoms with Crippen molar-refractivity contribution in [2.24, 2.45) is 0 Å². The first-order valence-corrected chi connectivity index (χ1v) is 6.66. The van der Waals surface area contributed by atoms with Gasteiger partial charge in [0.1, 0.15) is 0 Å². The topological polar surface area (TPSA) is 49.0 Å². The van der Waals surface area contributed by atoms with Crippen LogP contribution in [0.4, 0.5) is 0 Å². The molecule has 2 rings (SSSR count). The highest BCUT2D eigenvalue weighted by Gasteiger charge is 2.10. The van der Waals surface area contributed by atoms with Crippen LogP contribution in [0.5, 0.6) is 0 Å². The van der Waals surface area contributed by atoms with E-state index in [1.165, 1.54) is 32.0 Å². The minimum Gasteiger partial charge on any atom is -0.303 e. The number of H-pyrrole nitrogens is 1. The first-order chi connectivity index (χ1) is 7.74. The largest absolute Gasteiger partial charge is 0.303 e. The van der Waals surface area contributed by atoms with E-state index in [9.17, 15) is 4.79 Å². The summed E-state index contributed by atoms with van der Waals surface area (Å²) in [6.45, 7) is 5.37. The number of rotatable bonds is 4. The van der Waals surface area contributed by atoms with E-state index in [1.807, 2.05) is 6.92 Å². The smallest absolute Gasteiger partial charge is 0.251 e. The molecule has 0 unspecified atom stereocenters. The minimum atomic E-state index is -0.0591. The van der Waals surface area contributed by atoms with Gasteiger partial charge in [-0.25, -0.2) is 4.98 Å². The number of likely N-dealkylation sites (tertiary alicyclic amines) is 1. The Morgan fingerprint density at radius 1 is 1.50 bits per heavy atom. The maximum absolute atomic E-state index is 11.2. The Labute approximate surface area is 99.5 Å². The van der Waals surface area contributed by atoms with Gasteiger partial charge in [-0.3, -0.25) is 4.79 Å². The quantitative estimate of drug-likeness (QED) is 0.635. The number of aromatic amines is 1. The van der Waals surface area contributed by atoms with Crippen LogP contribution in [0.2, 0.25) is 0 Å². The zero-order valence-electron chi connectivity index (χ0n) is 9.53. The zero-order chi connectivity index (χ0) is 11.4. The van der Waals surface area contributed by atoms with Crippen LogP contribution in [0.15, 0.2) is 16.0 Å². The van der Waals surface area contributed by atoms with Crippen LogP contribution in [0, 0.1) is 6.92 Å². The van der Waals surface area contributed by atoms with Crippen molar-refractivity contribution in [3.63, 3.8) is 0 Å². The molecule has 16 heavy (non-hydrogen) atoms. The Balaban J connectivity index is 1.82. The van der Waals surface area contributed by atoms with E-state index < -0.39 is 0 Å². The van der Waals surface area contributed by atoms with E-state index in [0.29, 0.717) is 0 Å².